The molecule has 1 aromatic heterocycles. The molecule has 3 heterocycles. The lowest BCUT2D eigenvalue weighted by molar-refractivity contribution is -0.165. The van der Waals surface area contributed by atoms with Crippen molar-refractivity contribution in [3.8, 4) is 5.69 Å². The number of unbranched alkanes of at least 4 members (excludes halogenated alkanes) is 1. The molecule has 2 saturated heterocycles. The van der Waals surface area contributed by atoms with Crippen molar-refractivity contribution in [2.24, 2.45) is 5.92 Å². The van der Waals surface area contributed by atoms with Crippen LogP contribution in [0, 0.1) is 19.8 Å². The van der Waals surface area contributed by atoms with Crippen LogP contribution in [0.1, 0.15) is 74.5 Å². The zero-order chi connectivity index (χ0) is 31.4. The Morgan fingerprint density at radius 3 is 2.23 bits per heavy atom. The lowest BCUT2D eigenvalue weighted by Gasteiger charge is -2.52. The average molecular weight is 600 g/mol. The third-order valence-corrected chi connectivity index (χ3v) is 9.75. The monoisotopic (exact) mass is 599 g/mol. The maximum absolute atomic E-state index is 13.7. The van der Waals surface area contributed by atoms with Crippen LogP contribution in [0.5, 0.6) is 0 Å². The molecule has 236 valence electrons. The van der Waals surface area contributed by atoms with Gasteiger partial charge in [0.2, 0.25) is 11.8 Å². The van der Waals surface area contributed by atoms with E-state index < -0.39 is 17.7 Å². The third-order valence-electron chi connectivity index (χ3n) is 9.75. The number of nitrogens with zero attached hydrogens (tertiary/aromatic N) is 4. The number of aliphatic hydroxyl groups excluding tert-OH is 1. The van der Waals surface area contributed by atoms with Crippen molar-refractivity contribution < 1.29 is 14.7 Å². The zero-order valence-corrected chi connectivity index (χ0v) is 27.1. The molecule has 2 aromatic carbocycles. The summed E-state index contributed by atoms with van der Waals surface area (Å²) < 4.78 is 2.04. The number of aryl methyl sites for hydroxylation is 3. The first-order valence-corrected chi connectivity index (χ1v) is 16.4. The molecule has 2 amide bonds. The van der Waals surface area contributed by atoms with E-state index in [1.54, 1.807) is 4.90 Å². The lowest BCUT2D eigenvalue weighted by atomic mass is 9.80. The molecule has 0 radical (unpaired) electrons. The summed E-state index contributed by atoms with van der Waals surface area (Å²) in [6.07, 6.45) is 4.05. The van der Waals surface area contributed by atoms with Crippen LogP contribution >= 0.6 is 0 Å². The Morgan fingerprint density at radius 2 is 1.61 bits per heavy atom. The van der Waals surface area contributed by atoms with Gasteiger partial charge in [0.1, 0.15) is 11.6 Å². The Morgan fingerprint density at radius 1 is 0.977 bits per heavy atom. The predicted octanol–water partition coefficient (Wildman–Crippen LogP) is 4.75. The molecule has 2 N–H and O–H groups in total. The Labute approximate surface area is 262 Å². The van der Waals surface area contributed by atoms with E-state index in [9.17, 15) is 14.7 Å². The standard InChI is InChI=1S/C36H49N5O3/c1-6-7-21-40-34(43)32(33(42)25(2)3)37-35(44)36(40)19-22-39(23-20-36)24-31-26(4)38-41(27(31)5)30-17-15-29(16-18-30)14-13-28-11-9-8-10-12-28/h8-12,15-18,25,32-33,42H,6-7,13-14,19-24H2,1-5H3,(H,37,44)/t32-,33-/m1/s1. The second-order valence-electron chi connectivity index (χ2n) is 13.1. The van der Waals surface area contributed by atoms with Crippen molar-refractivity contribution in [3.05, 3.63) is 82.7 Å². The molecule has 0 bridgehead atoms. The number of rotatable bonds is 11. The molecule has 2 aliphatic rings. The van der Waals surface area contributed by atoms with E-state index in [0.29, 0.717) is 32.5 Å². The number of carbonyl (C=O) groups is 2. The Kier molecular flexibility index (Phi) is 9.90. The van der Waals surface area contributed by atoms with Gasteiger partial charge in [-0.2, -0.15) is 5.10 Å². The minimum absolute atomic E-state index is 0.120. The van der Waals surface area contributed by atoms with Gasteiger partial charge < -0.3 is 15.3 Å². The van der Waals surface area contributed by atoms with Gasteiger partial charge in [-0.15, -0.1) is 0 Å². The lowest BCUT2D eigenvalue weighted by Crippen LogP contribution is -2.74. The van der Waals surface area contributed by atoms with E-state index in [1.165, 1.54) is 16.7 Å². The predicted molar refractivity (Wildman–Crippen MR) is 174 cm³/mol. The Hall–Kier alpha value is -3.49. The quantitative estimate of drug-likeness (QED) is 0.332. The summed E-state index contributed by atoms with van der Waals surface area (Å²) >= 11 is 0. The maximum Gasteiger partial charge on any atom is 0.248 e. The highest BCUT2D eigenvalue weighted by Crippen LogP contribution is 2.35. The third kappa shape index (κ3) is 6.47. The first-order valence-electron chi connectivity index (χ1n) is 16.4. The van der Waals surface area contributed by atoms with E-state index in [4.69, 9.17) is 5.10 Å². The van der Waals surface area contributed by atoms with Gasteiger partial charge in [0, 0.05) is 37.4 Å². The van der Waals surface area contributed by atoms with Gasteiger partial charge in [0.25, 0.3) is 0 Å². The fraction of sp³-hybridized carbons (Fsp3) is 0.528. The number of aliphatic hydroxyl groups is 1. The van der Waals surface area contributed by atoms with Crippen LogP contribution < -0.4 is 5.32 Å². The number of hydrogen-bond acceptors (Lipinski definition) is 5. The summed E-state index contributed by atoms with van der Waals surface area (Å²) in [5, 5.41) is 18.5. The first kappa shape index (κ1) is 31.9. The van der Waals surface area contributed by atoms with Crippen LogP contribution in [0.3, 0.4) is 0 Å². The Balaban J connectivity index is 1.25. The number of amides is 2. The average Bonchev–Trinajstić information content (AvgIpc) is 3.31. The molecule has 44 heavy (non-hydrogen) atoms. The second-order valence-corrected chi connectivity index (χ2v) is 13.1. The topological polar surface area (TPSA) is 90.7 Å². The molecule has 2 fully saturated rings. The maximum atomic E-state index is 13.7. The van der Waals surface area contributed by atoms with Crippen LogP contribution in [0.2, 0.25) is 0 Å². The highest BCUT2D eigenvalue weighted by molar-refractivity contribution is 6.00. The zero-order valence-electron chi connectivity index (χ0n) is 27.1. The summed E-state index contributed by atoms with van der Waals surface area (Å²) in [5.74, 6) is -0.394. The van der Waals surface area contributed by atoms with Gasteiger partial charge >= 0.3 is 0 Å². The molecular formula is C36H49N5O3. The molecule has 8 nitrogen and oxygen atoms in total. The molecule has 0 aliphatic carbocycles. The van der Waals surface area contributed by atoms with Crippen molar-refractivity contribution in [2.75, 3.05) is 19.6 Å². The van der Waals surface area contributed by atoms with Crippen LogP contribution in [0.15, 0.2) is 54.6 Å². The molecular weight excluding hydrogens is 550 g/mol. The number of benzene rings is 2. The number of likely N-dealkylation sites (tertiary alicyclic amines) is 1. The summed E-state index contributed by atoms with van der Waals surface area (Å²) in [6, 6.07) is 18.4. The van der Waals surface area contributed by atoms with Crippen molar-refractivity contribution >= 4 is 11.8 Å². The van der Waals surface area contributed by atoms with E-state index in [1.807, 2.05) is 18.5 Å². The molecule has 2 atom stereocenters. The van der Waals surface area contributed by atoms with Crippen molar-refractivity contribution in [1.82, 2.24) is 24.9 Å². The fourth-order valence-electron chi connectivity index (χ4n) is 6.79. The highest BCUT2D eigenvalue weighted by atomic mass is 16.3. The summed E-state index contributed by atoms with van der Waals surface area (Å²) in [5.41, 5.74) is 6.21. The summed E-state index contributed by atoms with van der Waals surface area (Å²) in [7, 11) is 0. The number of aromatic nitrogens is 2. The van der Waals surface area contributed by atoms with Gasteiger partial charge in [0.05, 0.1) is 17.5 Å². The number of piperidine rings is 1. The molecule has 0 saturated carbocycles. The van der Waals surface area contributed by atoms with Crippen LogP contribution in [0.25, 0.3) is 5.69 Å². The normalized spacial score (nSPS) is 19.5. The van der Waals surface area contributed by atoms with E-state index in [-0.39, 0.29) is 17.7 Å². The van der Waals surface area contributed by atoms with Gasteiger partial charge in [-0.25, -0.2) is 4.68 Å². The van der Waals surface area contributed by atoms with E-state index in [0.717, 1.165) is 49.3 Å². The van der Waals surface area contributed by atoms with E-state index in [2.05, 4.69) is 85.6 Å². The Bertz CT molecular complexity index is 1420. The van der Waals surface area contributed by atoms with Gasteiger partial charge in [-0.3, -0.25) is 14.5 Å². The van der Waals surface area contributed by atoms with Crippen LogP contribution in [-0.2, 0) is 29.0 Å². The summed E-state index contributed by atoms with van der Waals surface area (Å²) in [6.45, 7) is 12.7. The minimum atomic E-state index is -0.902. The van der Waals surface area contributed by atoms with Crippen LogP contribution in [0.4, 0.5) is 0 Å². The number of nitrogens with one attached hydrogen (secondary N) is 1. The van der Waals surface area contributed by atoms with Gasteiger partial charge in [0.15, 0.2) is 0 Å². The second kappa shape index (κ2) is 13.7. The molecule has 5 rings (SSSR count). The smallest absolute Gasteiger partial charge is 0.248 e. The first-order chi connectivity index (χ1) is 21.1. The largest absolute Gasteiger partial charge is 0.390 e. The fourth-order valence-corrected chi connectivity index (χ4v) is 6.79. The van der Waals surface area contributed by atoms with Gasteiger partial charge in [-0.1, -0.05) is 69.7 Å². The molecule has 2 aliphatic heterocycles. The van der Waals surface area contributed by atoms with Crippen molar-refractivity contribution in [3.63, 3.8) is 0 Å². The molecule has 0 unspecified atom stereocenters. The van der Waals surface area contributed by atoms with Crippen molar-refractivity contribution in [2.45, 2.75) is 97.4 Å². The molecule has 3 aromatic rings. The minimum Gasteiger partial charge on any atom is -0.390 e. The van der Waals surface area contributed by atoms with Gasteiger partial charge in [-0.05, 0) is 75.1 Å². The number of hydrogen-bond donors (Lipinski definition) is 2. The molecule has 1 spiro atoms. The number of carbonyl (C=O) groups excluding carboxylic acids is 2. The van der Waals surface area contributed by atoms with Crippen LogP contribution in [-0.4, -0.2) is 73.8 Å². The summed E-state index contributed by atoms with van der Waals surface area (Å²) in [4.78, 5) is 31.5. The SMILES string of the molecule is CCCCN1C(=O)[C@@H]([C@H](O)C(C)C)NC(=O)C12CCN(Cc1c(C)nn(-c3ccc(CCc4ccccc4)cc3)c1C)CC2. The molecule has 8 heteroatoms. The number of piperazine rings is 1. The highest BCUT2D eigenvalue weighted by Gasteiger charge is 2.54. The van der Waals surface area contributed by atoms with Crippen molar-refractivity contribution in [1.29, 1.82) is 0 Å². The van der Waals surface area contributed by atoms with E-state index >= 15 is 0 Å².